The van der Waals surface area contributed by atoms with Crippen LogP contribution in [0.2, 0.25) is 18.1 Å². The number of aromatic nitrogens is 1. The summed E-state index contributed by atoms with van der Waals surface area (Å²) < 4.78 is 40.5. The number of aryl methyl sites for hydroxylation is 1. The van der Waals surface area contributed by atoms with Crippen LogP contribution in [0.15, 0.2) is 10.9 Å². The van der Waals surface area contributed by atoms with E-state index in [2.05, 4.69) is 50.7 Å². The molecule has 3 heterocycles. The summed E-state index contributed by atoms with van der Waals surface area (Å²) in [5.41, 5.74) is 2.02. The van der Waals surface area contributed by atoms with Crippen LogP contribution in [0.1, 0.15) is 57.2 Å². The zero-order valence-electron chi connectivity index (χ0n) is 24.2. The summed E-state index contributed by atoms with van der Waals surface area (Å²) in [5, 5.41) is 0.361. The van der Waals surface area contributed by atoms with E-state index in [0.717, 1.165) is 45.4 Å². The molecule has 1 saturated carbocycles. The van der Waals surface area contributed by atoms with Crippen molar-refractivity contribution in [2.24, 2.45) is 0 Å². The molecule has 38 heavy (non-hydrogen) atoms. The highest BCUT2D eigenvalue weighted by atomic mass is 28.4. The van der Waals surface area contributed by atoms with Crippen LogP contribution in [-0.2, 0) is 11.0 Å². The molecule has 3 aliphatic rings. The summed E-state index contributed by atoms with van der Waals surface area (Å²) in [5.74, 6) is -1.63. The predicted molar refractivity (Wildman–Crippen MR) is 153 cm³/mol. The topological polar surface area (TPSA) is 41.0 Å². The first kappa shape index (κ1) is 27.7. The van der Waals surface area contributed by atoms with Gasteiger partial charge in [-0.2, -0.15) is 0 Å². The van der Waals surface area contributed by atoms with Crippen LogP contribution < -0.4 is 10.5 Å². The Kier molecular flexibility index (Phi) is 7.29. The van der Waals surface area contributed by atoms with Gasteiger partial charge in [0.2, 0.25) is 0 Å². The normalized spacial score (nSPS) is 22.1. The Morgan fingerprint density at radius 3 is 2.29 bits per heavy atom. The van der Waals surface area contributed by atoms with Gasteiger partial charge in [-0.15, -0.1) is 0 Å². The summed E-state index contributed by atoms with van der Waals surface area (Å²) in [4.78, 5) is 19.8. The lowest BCUT2D eigenvalue weighted by Crippen LogP contribution is -2.44. The van der Waals surface area contributed by atoms with Gasteiger partial charge in [0, 0.05) is 68.9 Å². The van der Waals surface area contributed by atoms with Crippen molar-refractivity contribution < 1.29 is 13.2 Å². The Labute approximate surface area is 226 Å². The van der Waals surface area contributed by atoms with Gasteiger partial charge in [-0.3, -0.25) is 9.69 Å². The molecule has 2 aliphatic heterocycles. The van der Waals surface area contributed by atoms with E-state index in [-0.39, 0.29) is 28.1 Å². The van der Waals surface area contributed by atoms with Crippen LogP contribution in [0, 0.1) is 18.6 Å². The molecule has 210 valence electrons. The van der Waals surface area contributed by atoms with E-state index in [0.29, 0.717) is 42.0 Å². The van der Waals surface area contributed by atoms with Crippen molar-refractivity contribution in [1.29, 1.82) is 0 Å². The quantitative estimate of drug-likeness (QED) is 0.462. The zero-order valence-corrected chi connectivity index (χ0v) is 25.2. The molecule has 1 aromatic heterocycles. The third-order valence-electron chi connectivity index (χ3n) is 9.30. The molecule has 5 rings (SSSR count). The second-order valence-electron chi connectivity index (χ2n) is 13.2. The van der Waals surface area contributed by atoms with Crippen molar-refractivity contribution >= 4 is 24.9 Å². The summed E-state index contributed by atoms with van der Waals surface area (Å²) >= 11 is 0. The molecule has 0 N–H and O–H groups in total. The van der Waals surface area contributed by atoms with Gasteiger partial charge in [0.05, 0.1) is 17.3 Å². The van der Waals surface area contributed by atoms with Gasteiger partial charge in [-0.05, 0) is 56.9 Å². The van der Waals surface area contributed by atoms with Crippen LogP contribution >= 0.6 is 0 Å². The number of rotatable bonds is 6. The lowest BCUT2D eigenvalue weighted by atomic mass is 10.0. The Morgan fingerprint density at radius 2 is 1.68 bits per heavy atom. The maximum Gasteiger partial charge on any atom is 0.251 e. The van der Waals surface area contributed by atoms with Crippen LogP contribution in [0.4, 0.5) is 14.5 Å². The number of fused-ring (bicyclic) bond motifs is 1. The number of pyridine rings is 1. The van der Waals surface area contributed by atoms with Gasteiger partial charge in [-0.1, -0.05) is 20.8 Å². The fourth-order valence-electron chi connectivity index (χ4n) is 5.84. The zero-order chi connectivity index (χ0) is 27.6. The van der Waals surface area contributed by atoms with E-state index in [9.17, 15) is 4.79 Å². The Bertz CT molecular complexity index is 1280. The van der Waals surface area contributed by atoms with E-state index < -0.39 is 20.0 Å². The average molecular weight is 547 g/mol. The third-order valence-corrected chi connectivity index (χ3v) is 13.8. The number of likely N-dealkylation sites (N-methyl/N-ethyl adjacent to an activating group) is 1. The highest BCUT2D eigenvalue weighted by Gasteiger charge is 2.41. The van der Waals surface area contributed by atoms with E-state index in [1.807, 2.05) is 11.8 Å². The molecular formula is C29H44F2N4O2Si. The predicted octanol–water partition coefficient (Wildman–Crippen LogP) is 5.27. The van der Waals surface area contributed by atoms with E-state index in [1.165, 1.54) is 0 Å². The fourth-order valence-corrected chi connectivity index (χ4v) is 7.22. The number of anilines is 1. The number of halogens is 2. The van der Waals surface area contributed by atoms with Crippen molar-refractivity contribution in [2.45, 2.75) is 83.8 Å². The van der Waals surface area contributed by atoms with Crippen molar-refractivity contribution in [3.8, 4) is 0 Å². The van der Waals surface area contributed by atoms with Gasteiger partial charge in [0.25, 0.3) is 5.56 Å². The second-order valence-corrected chi connectivity index (χ2v) is 18.0. The Balaban J connectivity index is 1.55. The molecule has 0 radical (unpaired) electrons. The lowest BCUT2D eigenvalue weighted by molar-refractivity contribution is 0.148. The molecule has 1 unspecified atom stereocenters. The van der Waals surface area contributed by atoms with E-state index >= 15 is 8.78 Å². The lowest BCUT2D eigenvalue weighted by Gasteiger charge is -2.38. The first-order chi connectivity index (χ1) is 17.8. The minimum atomic E-state index is -1.99. The smallest absolute Gasteiger partial charge is 0.251 e. The van der Waals surface area contributed by atoms with Gasteiger partial charge in [-0.25, -0.2) is 8.78 Å². The number of piperazine rings is 1. The number of benzene rings is 1. The molecule has 6 nitrogen and oxygen atoms in total. The maximum absolute atomic E-state index is 16.1. The van der Waals surface area contributed by atoms with E-state index in [1.54, 1.807) is 10.6 Å². The van der Waals surface area contributed by atoms with Crippen LogP contribution in [0.25, 0.3) is 10.9 Å². The average Bonchev–Trinajstić information content (AvgIpc) is 3.57. The molecule has 1 aromatic carbocycles. The van der Waals surface area contributed by atoms with Gasteiger partial charge in [0.15, 0.2) is 20.0 Å². The van der Waals surface area contributed by atoms with Crippen molar-refractivity contribution in [3.05, 3.63) is 39.2 Å². The molecule has 1 atom stereocenters. The van der Waals surface area contributed by atoms with Crippen LogP contribution in [0.3, 0.4) is 0 Å². The monoisotopic (exact) mass is 546 g/mol. The maximum atomic E-state index is 16.1. The van der Waals surface area contributed by atoms with Crippen molar-refractivity contribution in [2.75, 3.05) is 51.2 Å². The molecule has 1 aliphatic carbocycles. The second kappa shape index (κ2) is 9.98. The summed E-state index contributed by atoms with van der Waals surface area (Å²) in [6, 6.07) is 1.62. The Hall–Kier alpha value is -1.81. The molecule has 3 fully saturated rings. The fraction of sp³-hybridized carbons (Fsp3) is 0.690. The van der Waals surface area contributed by atoms with Crippen LogP contribution in [0.5, 0.6) is 0 Å². The standard InChI is InChI=1S/C29H44F2N4O2Si/c1-19-27-24(20(16-23(36)35(27)21-8-9-21)17-33-14-12-32(5)13-15-33)25(30)26(31)28(19)34-11-10-22(18-34)37-38(6,7)29(2,3)4/h16,21-22H,8-15,17-18H2,1-7H3. The molecule has 2 saturated heterocycles. The highest BCUT2D eigenvalue weighted by molar-refractivity contribution is 6.74. The summed E-state index contributed by atoms with van der Waals surface area (Å²) in [7, 11) is 0.101. The van der Waals surface area contributed by atoms with Crippen molar-refractivity contribution in [1.82, 2.24) is 14.4 Å². The van der Waals surface area contributed by atoms with Gasteiger partial charge < -0.3 is 18.8 Å². The minimum absolute atomic E-state index is 0.0114. The van der Waals surface area contributed by atoms with Gasteiger partial charge in [0.1, 0.15) is 0 Å². The number of nitrogens with zero attached hydrogens (tertiary/aromatic N) is 4. The largest absolute Gasteiger partial charge is 0.412 e. The first-order valence-electron chi connectivity index (χ1n) is 14.2. The summed E-state index contributed by atoms with van der Waals surface area (Å²) in [6.45, 7) is 18.1. The van der Waals surface area contributed by atoms with E-state index in [4.69, 9.17) is 4.43 Å². The Morgan fingerprint density at radius 1 is 1.03 bits per heavy atom. The third kappa shape index (κ3) is 5.07. The van der Waals surface area contributed by atoms with Gasteiger partial charge >= 0.3 is 0 Å². The SMILES string of the molecule is Cc1c(N2CCC(O[Si](C)(C)C(C)(C)C)C2)c(F)c(F)c2c(CN3CCN(C)CC3)cc(=O)n(C3CC3)c12. The minimum Gasteiger partial charge on any atom is -0.412 e. The highest BCUT2D eigenvalue weighted by Crippen LogP contribution is 2.43. The first-order valence-corrected chi connectivity index (χ1v) is 17.1. The van der Waals surface area contributed by atoms with Crippen molar-refractivity contribution in [3.63, 3.8) is 0 Å². The molecular weight excluding hydrogens is 502 g/mol. The molecule has 2 aromatic rings. The summed E-state index contributed by atoms with van der Waals surface area (Å²) in [6.07, 6.45) is 2.56. The molecule has 0 bridgehead atoms. The number of hydrogen-bond acceptors (Lipinski definition) is 5. The number of hydrogen-bond donors (Lipinski definition) is 0. The molecule has 9 heteroatoms. The van der Waals surface area contributed by atoms with Crippen LogP contribution in [-0.4, -0.2) is 75.1 Å². The molecule has 0 amide bonds. The molecule has 0 spiro atoms.